The fourth-order valence-corrected chi connectivity index (χ4v) is 9.11. The average molecular weight is 196 g/mol. The number of hydrogen-bond acceptors (Lipinski definition) is 2. The lowest BCUT2D eigenvalue weighted by Crippen LogP contribution is -1.85. The molecular formula is C7H17PS2. The Kier molecular flexibility index (Phi) is 6.39. The molecular weight excluding hydrogens is 179 g/mol. The second kappa shape index (κ2) is 5.74. The predicted molar refractivity (Wildman–Crippen MR) is 58.3 cm³/mol. The van der Waals surface area contributed by atoms with Gasteiger partial charge in [-0.2, -0.15) is 0 Å². The first-order valence-corrected chi connectivity index (χ1v) is 8.35. The highest BCUT2D eigenvalue weighted by molar-refractivity contribution is 8.88. The Morgan fingerprint density at radius 3 is 1.40 bits per heavy atom. The van der Waals surface area contributed by atoms with E-state index in [1.165, 1.54) is 0 Å². The highest BCUT2D eigenvalue weighted by atomic mass is 33.1. The van der Waals surface area contributed by atoms with Crippen LogP contribution in [0.3, 0.4) is 0 Å². The summed E-state index contributed by atoms with van der Waals surface area (Å²) >= 11 is 4.22. The van der Waals surface area contributed by atoms with Gasteiger partial charge in [-0.25, -0.2) is 0 Å². The van der Waals surface area contributed by atoms with Crippen LogP contribution in [0.4, 0.5) is 0 Å². The fraction of sp³-hybridized carbons (Fsp3) is 1.00. The van der Waals surface area contributed by atoms with Crippen molar-refractivity contribution in [1.29, 1.82) is 0 Å². The largest absolute Gasteiger partial charge is 0.120 e. The molecule has 0 radical (unpaired) electrons. The number of hydrogen-bond donors (Lipinski definition) is 0. The molecule has 0 saturated heterocycles. The van der Waals surface area contributed by atoms with E-state index in [2.05, 4.69) is 57.1 Å². The molecule has 0 bridgehead atoms. The zero-order valence-electron chi connectivity index (χ0n) is 7.42. The maximum Gasteiger partial charge on any atom is 0.00961 e. The molecule has 0 aliphatic carbocycles. The zero-order valence-corrected chi connectivity index (χ0v) is 9.95. The summed E-state index contributed by atoms with van der Waals surface area (Å²) in [5.41, 5.74) is 0. The van der Waals surface area contributed by atoms with E-state index >= 15 is 0 Å². The van der Waals surface area contributed by atoms with Gasteiger partial charge in [-0.3, -0.25) is 0 Å². The van der Waals surface area contributed by atoms with Crippen LogP contribution < -0.4 is 0 Å². The van der Waals surface area contributed by atoms with Crippen LogP contribution >= 0.6 is 29.1 Å². The number of rotatable bonds is 4. The van der Waals surface area contributed by atoms with Gasteiger partial charge in [0.05, 0.1) is 0 Å². The van der Waals surface area contributed by atoms with E-state index in [1.54, 1.807) is 0 Å². The van der Waals surface area contributed by atoms with E-state index in [1.807, 2.05) is 0 Å². The predicted octanol–water partition coefficient (Wildman–Crippen LogP) is 4.21. The molecule has 0 aromatic carbocycles. The van der Waals surface area contributed by atoms with Crippen molar-refractivity contribution >= 4 is 29.1 Å². The van der Waals surface area contributed by atoms with Gasteiger partial charge in [0.1, 0.15) is 0 Å². The van der Waals surface area contributed by atoms with Gasteiger partial charge in [0.15, 0.2) is 0 Å². The molecule has 0 aliphatic heterocycles. The lowest BCUT2D eigenvalue weighted by Gasteiger charge is -2.14. The van der Waals surface area contributed by atoms with E-state index in [0.717, 1.165) is 10.5 Å². The Hall–Kier alpha value is 1.13. The van der Waals surface area contributed by atoms with Crippen molar-refractivity contribution in [2.75, 3.05) is 6.66 Å². The Morgan fingerprint density at radius 1 is 0.900 bits per heavy atom. The van der Waals surface area contributed by atoms with Crippen LogP contribution in [-0.2, 0) is 0 Å². The monoisotopic (exact) mass is 196 g/mol. The normalized spacial score (nSPS) is 12.0. The highest BCUT2D eigenvalue weighted by Crippen LogP contribution is 2.60. The topological polar surface area (TPSA) is 0 Å². The molecule has 0 unspecified atom stereocenters. The summed E-state index contributed by atoms with van der Waals surface area (Å²) < 4.78 is 0. The van der Waals surface area contributed by atoms with Gasteiger partial charge in [0.25, 0.3) is 0 Å². The first-order chi connectivity index (χ1) is 4.52. The molecule has 62 valence electrons. The first kappa shape index (κ1) is 11.1. The minimum Gasteiger partial charge on any atom is -0.120 e. The SMILES string of the molecule is CC(C)SP(C)SC(C)C. The summed E-state index contributed by atoms with van der Waals surface area (Å²) in [6.45, 7) is 11.4. The van der Waals surface area contributed by atoms with Crippen molar-refractivity contribution in [3.63, 3.8) is 0 Å². The van der Waals surface area contributed by atoms with Crippen molar-refractivity contribution in [3.8, 4) is 0 Å². The Bertz CT molecular complexity index is 73.7. The standard InChI is InChI=1S/C7H17PS2/c1-6(2)9-8(5)10-7(3)4/h6-7H,1-5H3. The van der Waals surface area contributed by atoms with E-state index in [0.29, 0.717) is 0 Å². The maximum atomic E-state index is 2.35. The Labute approximate surface area is 74.2 Å². The van der Waals surface area contributed by atoms with E-state index < -0.39 is 0 Å². The quantitative estimate of drug-likeness (QED) is 0.618. The van der Waals surface area contributed by atoms with Crippen molar-refractivity contribution < 1.29 is 0 Å². The summed E-state index contributed by atoms with van der Waals surface area (Å²) in [6, 6.07) is 0. The summed E-state index contributed by atoms with van der Waals surface area (Å²) in [6.07, 6.45) is 0.174. The second-order valence-corrected chi connectivity index (χ2v) is 11.2. The smallest absolute Gasteiger partial charge is 0.00961 e. The van der Waals surface area contributed by atoms with Crippen LogP contribution in [0.1, 0.15) is 27.7 Å². The van der Waals surface area contributed by atoms with Gasteiger partial charge in [-0.05, 0) is 6.66 Å². The minimum absolute atomic E-state index is 0.174. The van der Waals surface area contributed by atoms with Gasteiger partial charge in [0.2, 0.25) is 0 Å². The van der Waals surface area contributed by atoms with E-state index in [-0.39, 0.29) is 6.33 Å². The summed E-state index contributed by atoms with van der Waals surface area (Å²) in [7, 11) is 0. The first-order valence-electron chi connectivity index (χ1n) is 3.59. The third kappa shape index (κ3) is 7.24. The molecule has 0 nitrogen and oxygen atoms in total. The van der Waals surface area contributed by atoms with Crippen LogP contribution in [0.25, 0.3) is 0 Å². The molecule has 0 aromatic rings. The third-order valence-electron chi connectivity index (χ3n) is 0.719. The third-order valence-corrected chi connectivity index (χ3v) is 8.02. The van der Waals surface area contributed by atoms with Crippen molar-refractivity contribution in [1.82, 2.24) is 0 Å². The molecule has 3 heteroatoms. The molecule has 0 heterocycles. The van der Waals surface area contributed by atoms with Gasteiger partial charge in [-0.1, -0.05) is 27.7 Å². The van der Waals surface area contributed by atoms with Crippen molar-refractivity contribution in [2.24, 2.45) is 0 Å². The van der Waals surface area contributed by atoms with Gasteiger partial charge in [-0.15, -0.1) is 22.8 Å². The molecule has 10 heavy (non-hydrogen) atoms. The minimum atomic E-state index is 0.174. The highest BCUT2D eigenvalue weighted by Gasteiger charge is 2.06. The van der Waals surface area contributed by atoms with Crippen LogP contribution in [0.5, 0.6) is 0 Å². The molecule has 0 fully saturated rings. The summed E-state index contributed by atoms with van der Waals surface area (Å²) in [4.78, 5) is 0. The van der Waals surface area contributed by atoms with Gasteiger partial charge >= 0.3 is 0 Å². The maximum absolute atomic E-state index is 2.35. The molecule has 0 atom stereocenters. The van der Waals surface area contributed by atoms with Crippen LogP contribution in [-0.4, -0.2) is 17.2 Å². The van der Waals surface area contributed by atoms with Crippen LogP contribution in [0.15, 0.2) is 0 Å². The lowest BCUT2D eigenvalue weighted by molar-refractivity contribution is 1.12. The second-order valence-electron chi connectivity index (χ2n) is 2.75. The van der Waals surface area contributed by atoms with Crippen molar-refractivity contribution in [3.05, 3.63) is 0 Å². The fourth-order valence-electron chi connectivity index (χ4n) is 0.619. The van der Waals surface area contributed by atoms with Crippen LogP contribution in [0.2, 0.25) is 0 Å². The summed E-state index contributed by atoms with van der Waals surface area (Å²) in [5.74, 6) is 0. The van der Waals surface area contributed by atoms with E-state index in [4.69, 9.17) is 0 Å². The Morgan fingerprint density at radius 2 is 1.20 bits per heavy atom. The molecule has 0 spiro atoms. The average Bonchev–Trinajstić information content (AvgIpc) is 1.58. The molecule has 0 N–H and O–H groups in total. The molecule has 0 amide bonds. The van der Waals surface area contributed by atoms with Crippen molar-refractivity contribution in [2.45, 2.75) is 38.2 Å². The zero-order chi connectivity index (χ0) is 8.15. The lowest BCUT2D eigenvalue weighted by atomic mass is 10.6. The van der Waals surface area contributed by atoms with E-state index in [9.17, 15) is 0 Å². The Balaban J connectivity index is 3.34. The molecule has 0 saturated carbocycles. The summed E-state index contributed by atoms with van der Waals surface area (Å²) in [5, 5.41) is 1.59. The van der Waals surface area contributed by atoms with Crippen LogP contribution in [0, 0.1) is 0 Å². The molecule has 0 aliphatic rings. The molecule has 0 rings (SSSR count). The van der Waals surface area contributed by atoms with Gasteiger partial charge in [0, 0.05) is 16.8 Å². The van der Waals surface area contributed by atoms with Gasteiger partial charge < -0.3 is 0 Å². The molecule has 0 aromatic heterocycles.